The van der Waals surface area contributed by atoms with E-state index in [1.54, 1.807) is 0 Å². The van der Waals surface area contributed by atoms with Gasteiger partial charge in [0.1, 0.15) is 0 Å². The molecule has 0 atom stereocenters. The molecule has 1 aliphatic rings. The number of benzene rings is 1. The van der Waals surface area contributed by atoms with Gasteiger partial charge in [-0.3, -0.25) is 4.40 Å². The SMILES string of the molecule is N#Cc1ccc(-c2cn3c4c(sc3n2)CCC4)cc1. The van der Waals surface area contributed by atoms with Gasteiger partial charge in [-0.15, -0.1) is 11.3 Å². The van der Waals surface area contributed by atoms with Gasteiger partial charge in [0.15, 0.2) is 4.96 Å². The Morgan fingerprint density at radius 3 is 2.84 bits per heavy atom. The number of rotatable bonds is 1. The van der Waals surface area contributed by atoms with Gasteiger partial charge in [-0.05, 0) is 31.4 Å². The Hall–Kier alpha value is -2.12. The van der Waals surface area contributed by atoms with Gasteiger partial charge >= 0.3 is 0 Å². The predicted molar refractivity (Wildman–Crippen MR) is 75.2 cm³/mol. The Labute approximate surface area is 114 Å². The molecule has 0 unspecified atom stereocenters. The molecule has 3 nitrogen and oxygen atoms in total. The first-order valence-corrected chi connectivity index (χ1v) is 7.17. The highest BCUT2D eigenvalue weighted by molar-refractivity contribution is 7.17. The van der Waals surface area contributed by atoms with Crippen molar-refractivity contribution >= 4 is 16.3 Å². The summed E-state index contributed by atoms with van der Waals surface area (Å²) >= 11 is 1.81. The Bertz CT molecular complexity index is 802. The monoisotopic (exact) mass is 265 g/mol. The lowest BCUT2D eigenvalue weighted by atomic mass is 10.1. The fourth-order valence-electron chi connectivity index (χ4n) is 2.66. The maximum absolute atomic E-state index is 8.82. The van der Waals surface area contributed by atoms with Crippen LogP contribution in [-0.2, 0) is 12.8 Å². The molecule has 0 aliphatic heterocycles. The molecular weight excluding hydrogens is 254 g/mol. The van der Waals surface area contributed by atoms with Crippen molar-refractivity contribution in [3.8, 4) is 17.3 Å². The highest BCUT2D eigenvalue weighted by Gasteiger charge is 2.19. The summed E-state index contributed by atoms with van der Waals surface area (Å²) in [5.41, 5.74) is 4.19. The number of aryl methyl sites for hydroxylation is 2. The number of thiazole rings is 1. The lowest BCUT2D eigenvalue weighted by molar-refractivity contribution is 0.888. The van der Waals surface area contributed by atoms with Crippen LogP contribution in [0.5, 0.6) is 0 Å². The first-order chi connectivity index (χ1) is 9.35. The zero-order valence-corrected chi connectivity index (χ0v) is 11.1. The highest BCUT2D eigenvalue weighted by Crippen LogP contribution is 2.32. The second-order valence-corrected chi connectivity index (χ2v) is 5.86. The molecule has 2 aromatic heterocycles. The van der Waals surface area contributed by atoms with Crippen molar-refractivity contribution in [3.05, 3.63) is 46.6 Å². The number of hydrogen-bond donors (Lipinski definition) is 0. The van der Waals surface area contributed by atoms with E-state index in [4.69, 9.17) is 10.2 Å². The van der Waals surface area contributed by atoms with Crippen molar-refractivity contribution in [2.45, 2.75) is 19.3 Å². The molecule has 0 saturated carbocycles. The predicted octanol–water partition coefficient (Wildman–Crippen LogP) is 3.42. The third kappa shape index (κ3) is 1.59. The molecule has 2 heterocycles. The summed E-state index contributed by atoms with van der Waals surface area (Å²) in [6.07, 6.45) is 5.76. The maximum Gasteiger partial charge on any atom is 0.194 e. The molecule has 4 rings (SSSR count). The van der Waals surface area contributed by atoms with Gasteiger partial charge in [-0.2, -0.15) is 5.26 Å². The van der Waals surface area contributed by atoms with Crippen molar-refractivity contribution in [2.24, 2.45) is 0 Å². The van der Waals surface area contributed by atoms with Crippen LogP contribution >= 0.6 is 11.3 Å². The number of fused-ring (bicyclic) bond motifs is 3. The molecule has 0 spiro atoms. The first-order valence-electron chi connectivity index (χ1n) is 6.35. The van der Waals surface area contributed by atoms with E-state index in [1.807, 2.05) is 35.6 Å². The third-order valence-electron chi connectivity index (χ3n) is 3.63. The molecule has 1 aliphatic carbocycles. The summed E-state index contributed by atoms with van der Waals surface area (Å²) in [6, 6.07) is 9.75. The zero-order chi connectivity index (χ0) is 12.8. The van der Waals surface area contributed by atoms with E-state index in [1.165, 1.54) is 29.8 Å². The van der Waals surface area contributed by atoms with Crippen LogP contribution in [0.3, 0.4) is 0 Å². The Morgan fingerprint density at radius 2 is 2.05 bits per heavy atom. The van der Waals surface area contributed by atoms with Gasteiger partial charge in [-0.1, -0.05) is 12.1 Å². The van der Waals surface area contributed by atoms with Crippen molar-refractivity contribution < 1.29 is 0 Å². The van der Waals surface area contributed by atoms with Crippen LogP contribution in [0.1, 0.15) is 22.6 Å². The first kappa shape index (κ1) is 10.8. The Kier molecular flexibility index (Phi) is 2.23. The van der Waals surface area contributed by atoms with Crippen LogP contribution in [0, 0.1) is 11.3 Å². The average Bonchev–Trinajstić information content (AvgIpc) is 3.10. The van der Waals surface area contributed by atoms with Crippen molar-refractivity contribution in [1.82, 2.24) is 9.38 Å². The number of aromatic nitrogens is 2. The number of hydrogen-bond acceptors (Lipinski definition) is 3. The minimum Gasteiger partial charge on any atom is -0.294 e. The molecule has 3 aromatic rings. The minimum atomic E-state index is 0.686. The van der Waals surface area contributed by atoms with Crippen LogP contribution in [-0.4, -0.2) is 9.38 Å². The molecule has 0 N–H and O–H groups in total. The highest BCUT2D eigenvalue weighted by atomic mass is 32.1. The number of imidazole rings is 1. The van der Waals surface area contributed by atoms with Crippen molar-refractivity contribution in [3.63, 3.8) is 0 Å². The quantitative estimate of drug-likeness (QED) is 0.676. The van der Waals surface area contributed by atoms with Crippen LogP contribution in [0.4, 0.5) is 0 Å². The van der Waals surface area contributed by atoms with Crippen molar-refractivity contribution in [1.29, 1.82) is 5.26 Å². The van der Waals surface area contributed by atoms with E-state index in [0.29, 0.717) is 5.56 Å². The third-order valence-corrected chi connectivity index (χ3v) is 4.78. The van der Waals surface area contributed by atoms with Gasteiger partial charge in [0, 0.05) is 22.3 Å². The van der Waals surface area contributed by atoms with E-state index in [2.05, 4.69) is 16.7 Å². The summed E-state index contributed by atoms with van der Waals surface area (Å²) < 4.78 is 2.24. The standard InChI is InChI=1S/C15H11N3S/c16-8-10-4-6-11(7-5-10)12-9-18-13-2-1-3-14(13)19-15(18)17-12/h4-7,9H,1-3H2. The van der Waals surface area contributed by atoms with Crippen LogP contribution in [0.25, 0.3) is 16.2 Å². The molecule has 0 fully saturated rings. The average molecular weight is 265 g/mol. The van der Waals surface area contributed by atoms with E-state index in [0.717, 1.165) is 16.2 Å². The Balaban J connectivity index is 1.82. The topological polar surface area (TPSA) is 41.1 Å². The lowest BCUT2D eigenvalue weighted by Gasteiger charge is -1.96. The normalized spacial score (nSPS) is 13.6. The second kappa shape index (κ2) is 3.94. The van der Waals surface area contributed by atoms with E-state index >= 15 is 0 Å². The van der Waals surface area contributed by atoms with Gasteiger partial charge in [0.2, 0.25) is 0 Å². The molecule has 0 amide bonds. The zero-order valence-electron chi connectivity index (χ0n) is 10.3. The van der Waals surface area contributed by atoms with Crippen molar-refractivity contribution in [2.75, 3.05) is 0 Å². The number of nitriles is 1. The summed E-state index contributed by atoms with van der Waals surface area (Å²) in [5.74, 6) is 0. The number of nitrogens with zero attached hydrogens (tertiary/aromatic N) is 3. The van der Waals surface area contributed by atoms with Gasteiger partial charge in [0.25, 0.3) is 0 Å². The van der Waals surface area contributed by atoms with Gasteiger partial charge < -0.3 is 0 Å². The summed E-state index contributed by atoms with van der Waals surface area (Å²) in [6.45, 7) is 0. The molecule has 4 heteroatoms. The molecule has 0 bridgehead atoms. The maximum atomic E-state index is 8.82. The molecule has 19 heavy (non-hydrogen) atoms. The van der Waals surface area contributed by atoms with Crippen LogP contribution in [0.15, 0.2) is 30.5 Å². The molecule has 1 aromatic carbocycles. The Morgan fingerprint density at radius 1 is 1.21 bits per heavy atom. The minimum absolute atomic E-state index is 0.686. The lowest BCUT2D eigenvalue weighted by Crippen LogP contribution is -1.85. The summed E-state index contributed by atoms with van der Waals surface area (Å²) in [4.78, 5) is 7.28. The fraction of sp³-hybridized carbons (Fsp3) is 0.200. The largest absolute Gasteiger partial charge is 0.294 e. The van der Waals surface area contributed by atoms with Crippen LogP contribution < -0.4 is 0 Å². The second-order valence-electron chi connectivity index (χ2n) is 4.79. The van der Waals surface area contributed by atoms with Gasteiger partial charge in [-0.25, -0.2) is 4.98 Å². The van der Waals surface area contributed by atoms with E-state index < -0.39 is 0 Å². The molecule has 0 saturated heterocycles. The summed E-state index contributed by atoms with van der Waals surface area (Å²) in [5, 5.41) is 8.82. The van der Waals surface area contributed by atoms with E-state index in [9.17, 15) is 0 Å². The fourth-order valence-corrected chi connectivity index (χ4v) is 3.85. The molecule has 92 valence electrons. The van der Waals surface area contributed by atoms with E-state index in [-0.39, 0.29) is 0 Å². The molecule has 0 radical (unpaired) electrons. The molecular formula is C15H11N3S. The van der Waals surface area contributed by atoms with Gasteiger partial charge in [0.05, 0.1) is 17.3 Å². The van der Waals surface area contributed by atoms with Crippen LogP contribution in [0.2, 0.25) is 0 Å². The summed E-state index contributed by atoms with van der Waals surface area (Å²) in [7, 11) is 0. The smallest absolute Gasteiger partial charge is 0.194 e.